The van der Waals surface area contributed by atoms with Crippen LogP contribution in [0.15, 0.2) is 59.8 Å². The van der Waals surface area contributed by atoms with E-state index in [-0.39, 0.29) is 4.90 Å². The molecule has 0 saturated heterocycles. The van der Waals surface area contributed by atoms with Gasteiger partial charge >= 0.3 is 0 Å². The molecule has 0 spiro atoms. The molecule has 2 aromatic carbocycles. The predicted molar refractivity (Wildman–Crippen MR) is 114 cm³/mol. The van der Waals surface area contributed by atoms with Gasteiger partial charge in [-0.25, -0.2) is 8.42 Å². The van der Waals surface area contributed by atoms with Gasteiger partial charge in [-0.1, -0.05) is 55.2 Å². The number of halogens is 2. The van der Waals surface area contributed by atoms with Crippen molar-refractivity contribution in [2.24, 2.45) is 0 Å². The fourth-order valence-corrected chi connectivity index (χ4v) is 4.10. The van der Waals surface area contributed by atoms with E-state index in [9.17, 15) is 8.42 Å². The quantitative estimate of drug-likeness (QED) is 0.526. The lowest BCUT2D eigenvalue weighted by atomic mass is 9.99. The Morgan fingerprint density at radius 1 is 1.11 bits per heavy atom. The molecule has 5 nitrogen and oxygen atoms in total. The van der Waals surface area contributed by atoms with Crippen LogP contribution in [0.2, 0.25) is 10.0 Å². The van der Waals surface area contributed by atoms with Gasteiger partial charge in [0.25, 0.3) is 10.0 Å². The van der Waals surface area contributed by atoms with E-state index in [0.717, 1.165) is 17.5 Å². The average molecular weight is 438 g/mol. The Morgan fingerprint density at radius 3 is 2.46 bits per heavy atom. The molecule has 0 bridgehead atoms. The predicted octanol–water partition coefficient (Wildman–Crippen LogP) is 5.55. The maximum absolute atomic E-state index is 12.6. The van der Waals surface area contributed by atoms with E-state index >= 15 is 0 Å². The van der Waals surface area contributed by atoms with Crippen LogP contribution in [0, 0.1) is 0 Å². The Morgan fingerprint density at radius 2 is 1.82 bits per heavy atom. The molecule has 1 aromatic heterocycles. The first-order valence-electron chi connectivity index (χ1n) is 8.87. The second-order valence-electron chi connectivity index (χ2n) is 6.66. The van der Waals surface area contributed by atoms with Crippen molar-refractivity contribution in [2.75, 3.05) is 4.72 Å². The van der Waals surface area contributed by atoms with Crippen LogP contribution < -0.4 is 4.72 Å². The summed E-state index contributed by atoms with van der Waals surface area (Å²) in [5.41, 5.74) is 2.43. The fraction of sp³-hybridized carbons (Fsp3) is 0.250. The summed E-state index contributed by atoms with van der Waals surface area (Å²) in [7, 11) is -3.68. The van der Waals surface area contributed by atoms with Crippen LogP contribution in [-0.2, 0) is 16.6 Å². The van der Waals surface area contributed by atoms with Crippen LogP contribution in [-0.4, -0.2) is 18.2 Å². The molecule has 148 valence electrons. The molecule has 1 unspecified atom stereocenters. The van der Waals surface area contributed by atoms with Crippen molar-refractivity contribution in [1.29, 1.82) is 0 Å². The zero-order chi connectivity index (χ0) is 20.3. The lowest BCUT2D eigenvalue weighted by Crippen LogP contribution is -2.12. The Balaban J connectivity index is 1.72. The van der Waals surface area contributed by atoms with Gasteiger partial charge in [-0.05, 0) is 47.7 Å². The van der Waals surface area contributed by atoms with Crippen LogP contribution in [0.1, 0.15) is 37.3 Å². The first kappa shape index (κ1) is 20.7. The Kier molecular flexibility index (Phi) is 6.33. The molecule has 0 aliphatic heterocycles. The first-order valence-corrected chi connectivity index (χ1v) is 11.1. The van der Waals surface area contributed by atoms with Crippen molar-refractivity contribution in [3.05, 3.63) is 76.0 Å². The normalized spacial score (nSPS) is 12.7. The second kappa shape index (κ2) is 8.55. The molecule has 0 aliphatic carbocycles. The van der Waals surface area contributed by atoms with Crippen molar-refractivity contribution >= 4 is 38.9 Å². The molecule has 0 fully saturated rings. The summed E-state index contributed by atoms with van der Waals surface area (Å²) in [5, 5.41) is 5.15. The zero-order valence-electron chi connectivity index (χ0n) is 15.6. The summed E-state index contributed by atoms with van der Waals surface area (Å²) in [4.78, 5) is 0.219. The van der Waals surface area contributed by atoms with Gasteiger partial charge in [0.05, 0.1) is 33.4 Å². The minimum absolute atomic E-state index is 0.219. The molecule has 1 heterocycles. The molecule has 8 heteroatoms. The van der Waals surface area contributed by atoms with Crippen LogP contribution >= 0.6 is 23.2 Å². The smallest absolute Gasteiger partial charge is 0.261 e. The standard InChI is InChI=1S/C20H21Cl2N3O2S/c1-3-14(2)16-5-7-18(8-6-16)28(26,27)24-17-11-23-25(13-17)12-15-4-9-19(21)20(22)10-15/h4-11,13-14,24H,3,12H2,1-2H3. The Bertz CT molecular complexity index is 1060. The molecular weight excluding hydrogens is 417 g/mol. The average Bonchev–Trinajstić information content (AvgIpc) is 3.10. The summed E-state index contributed by atoms with van der Waals surface area (Å²) in [5.74, 6) is 0.393. The van der Waals surface area contributed by atoms with E-state index in [0.29, 0.717) is 28.2 Å². The highest BCUT2D eigenvalue weighted by molar-refractivity contribution is 7.92. The van der Waals surface area contributed by atoms with Crippen molar-refractivity contribution in [3.63, 3.8) is 0 Å². The lowest BCUT2D eigenvalue weighted by Gasteiger charge is -2.10. The summed E-state index contributed by atoms with van der Waals surface area (Å²) in [6.07, 6.45) is 4.11. The minimum atomic E-state index is -3.68. The van der Waals surface area contributed by atoms with E-state index in [4.69, 9.17) is 23.2 Å². The Labute approximate surface area is 175 Å². The largest absolute Gasteiger partial charge is 0.276 e. The molecule has 3 rings (SSSR count). The van der Waals surface area contributed by atoms with E-state index < -0.39 is 10.0 Å². The molecule has 0 saturated carbocycles. The highest BCUT2D eigenvalue weighted by Gasteiger charge is 2.16. The molecular formula is C20H21Cl2N3O2S. The molecule has 0 aliphatic rings. The molecule has 1 atom stereocenters. The number of aromatic nitrogens is 2. The molecule has 0 amide bonds. The van der Waals surface area contributed by atoms with Crippen LogP contribution in [0.25, 0.3) is 0 Å². The van der Waals surface area contributed by atoms with Gasteiger partial charge in [-0.3, -0.25) is 9.40 Å². The van der Waals surface area contributed by atoms with Crippen molar-refractivity contribution in [1.82, 2.24) is 9.78 Å². The van der Waals surface area contributed by atoms with Crippen LogP contribution in [0.5, 0.6) is 0 Å². The number of nitrogens with one attached hydrogen (secondary N) is 1. The monoisotopic (exact) mass is 437 g/mol. The van der Waals surface area contributed by atoms with Gasteiger partial charge < -0.3 is 0 Å². The third kappa shape index (κ3) is 4.87. The van der Waals surface area contributed by atoms with Gasteiger partial charge in [-0.2, -0.15) is 5.10 Å². The van der Waals surface area contributed by atoms with Gasteiger partial charge in [0, 0.05) is 6.20 Å². The van der Waals surface area contributed by atoms with Crippen molar-refractivity contribution in [3.8, 4) is 0 Å². The Hall–Kier alpha value is -2.02. The molecule has 3 aromatic rings. The third-order valence-electron chi connectivity index (χ3n) is 4.59. The highest BCUT2D eigenvalue weighted by atomic mass is 35.5. The topological polar surface area (TPSA) is 64.0 Å². The first-order chi connectivity index (χ1) is 13.3. The van der Waals surface area contributed by atoms with Gasteiger partial charge in [0.2, 0.25) is 0 Å². The third-order valence-corrected chi connectivity index (χ3v) is 6.72. The fourth-order valence-electron chi connectivity index (χ4n) is 2.75. The van der Waals surface area contributed by atoms with E-state index in [1.807, 2.05) is 18.2 Å². The summed E-state index contributed by atoms with van der Waals surface area (Å²) >= 11 is 11.9. The molecule has 0 radical (unpaired) electrons. The maximum Gasteiger partial charge on any atom is 0.261 e. The van der Waals surface area contributed by atoms with Crippen molar-refractivity contribution < 1.29 is 8.42 Å². The SMILES string of the molecule is CCC(C)c1ccc(S(=O)(=O)Nc2cnn(Cc3ccc(Cl)c(Cl)c3)c2)cc1. The summed E-state index contributed by atoms with van der Waals surface area (Å²) < 4.78 is 29.4. The second-order valence-corrected chi connectivity index (χ2v) is 9.16. The lowest BCUT2D eigenvalue weighted by molar-refractivity contribution is 0.601. The number of hydrogen-bond donors (Lipinski definition) is 1. The molecule has 28 heavy (non-hydrogen) atoms. The number of sulfonamides is 1. The van der Waals surface area contributed by atoms with E-state index in [1.165, 1.54) is 6.20 Å². The summed E-state index contributed by atoms with van der Waals surface area (Å²) in [6, 6.07) is 12.3. The van der Waals surface area contributed by atoms with Crippen LogP contribution in [0.3, 0.4) is 0 Å². The van der Waals surface area contributed by atoms with Gasteiger partial charge in [0.15, 0.2) is 0 Å². The van der Waals surface area contributed by atoms with Gasteiger partial charge in [-0.15, -0.1) is 0 Å². The number of anilines is 1. The maximum atomic E-state index is 12.6. The molecule has 1 N–H and O–H groups in total. The number of nitrogens with zero attached hydrogens (tertiary/aromatic N) is 2. The van der Waals surface area contributed by atoms with E-state index in [2.05, 4.69) is 23.7 Å². The number of rotatable bonds is 7. The van der Waals surface area contributed by atoms with Crippen molar-refractivity contribution in [2.45, 2.75) is 37.6 Å². The van der Waals surface area contributed by atoms with Crippen LogP contribution in [0.4, 0.5) is 5.69 Å². The summed E-state index contributed by atoms with van der Waals surface area (Å²) in [6.45, 7) is 4.67. The van der Waals surface area contributed by atoms with E-state index in [1.54, 1.807) is 35.1 Å². The number of benzene rings is 2. The van der Waals surface area contributed by atoms with Gasteiger partial charge in [0.1, 0.15) is 0 Å². The number of hydrogen-bond acceptors (Lipinski definition) is 3. The zero-order valence-corrected chi connectivity index (χ0v) is 17.9. The highest BCUT2D eigenvalue weighted by Crippen LogP contribution is 2.24. The minimum Gasteiger partial charge on any atom is -0.276 e.